The number of anilines is 3. The number of aryl methyl sites for hydroxylation is 1. The number of carbonyl (C=O) groups is 2. The van der Waals surface area contributed by atoms with Crippen molar-refractivity contribution in [3.05, 3.63) is 148 Å². The minimum Gasteiger partial charge on any atom is -0.395 e. The number of hydrogen-bond donors (Lipinski definition) is 2. The fourth-order valence-corrected chi connectivity index (χ4v) is 6.53. The van der Waals surface area contributed by atoms with Crippen LogP contribution in [0.4, 0.5) is 17.1 Å². The number of aliphatic hydroxyl groups excluding tert-OH is 1. The molecule has 1 aliphatic heterocycles. The summed E-state index contributed by atoms with van der Waals surface area (Å²) in [6.07, 6.45) is 7.04. The number of fused-ring (bicyclic) bond motifs is 1. The summed E-state index contributed by atoms with van der Waals surface area (Å²) in [6.45, 7) is 2.57. The predicted molar refractivity (Wildman–Crippen MR) is 189 cm³/mol. The first-order chi connectivity index (χ1) is 23.3. The molecule has 0 saturated heterocycles. The minimum absolute atomic E-state index is 0.0698. The maximum Gasteiger partial charge on any atom is 0.264 e. The lowest BCUT2D eigenvalue weighted by Gasteiger charge is -2.28. The van der Waals surface area contributed by atoms with E-state index in [1.807, 2.05) is 128 Å². The number of carbonyl (C=O) groups excluding carboxylic acids is 2. The molecule has 0 fully saturated rings. The van der Waals surface area contributed by atoms with Gasteiger partial charge in [-0.05, 0) is 60.0 Å². The standard InChI is InChI=1S/C38H36BrN5O4/c1-27(10-8-9-21-42-24-35(40-41-42)33(25-45)29-11-4-2-5-12-29)38(48)34-22-30(39)17-20-36(34)43(37(38)47)23-28-15-18-32(19-16-28)44(26-46)31-13-6-3-7-14-31/h2-8,10-20,22,24,26-27,33,45,48H,9,21,23,25H2,1H3/b10-8+/t27-,33?,38+/m1/s1. The maximum atomic E-state index is 14.0. The highest BCUT2D eigenvalue weighted by molar-refractivity contribution is 9.10. The van der Waals surface area contributed by atoms with Crippen LogP contribution < -0.4 is 9.80 Å². The van der Waals surface area contributed by atoms with Gasteiger partial charge in [0.2, 0.25) is 6.41 Å². The summed E-state index contributed by atoms with van der Waals surface area (Å²) in [6, 6.07) is 32.1. The monoisotopic (exact) mass is 705 g/mol. The molecule has 3 atom stereocenters. The molecule has 0 saturated carbocycles. The van der Waals surface area contributed by atoms with E-state index in [0.29, 0.717) is 35.6 Å². The Balaban J connectivity index is 1.15. The molecule has 2 heterocycles. The molecule has 0 bridgehead atoms. The fourth-order valence-electron chi connectivity index (χ4n) is 6.16. The number of aromatic nitrogens is 3. The fraction of sp³-hybridized carbons (Fsp3) is 0.211. The van der Waals surface area contributed by atoms with Crippen molar-refractivity contribution < 1.29 is 19.8 Å². The van der Waals surface area contributed by atoms with Gasteiger partial charge < -0.3 is 15.1 Å². The second kappa shape index (κ2) is 14.5. The van der Waals surface area contributed by atoms with Crippen molar-refractivity contribution in [2.45, 2.75) is 38.0 Å². The summed E-state index contributed by atoms with van der Waals surface area (Å²) in [4.78, 5) is 29.1. The van der Waals surface area contributed by atoms with Gasteiger partial charge in [-0.1, -0.05) is 101 Å². The van der Waals surface area contributed by atoms with Gasteiger partial charge in [0.15, 0.2) is 5.60 Å². The van der Waals surface area contributed by atoms with Crippen LogP contribution >= 0.6 is 15.9 Å². The molecule has 9 nitrogen and oxygen atoms in total. The molecule has 48 heavy (non-hydrogen) atoms. The van der Waals surface area contributed by atoms with Crippen LogP contribution in [0.5, 0.6) is 0 Å². The Morgan fingerprint density at radius 1 is 0.958 bits per heavy atom. The van der Waals surface area contributed by atoms with E-state index in [-0.39, 0.29) is 19.1 Å². The molecule has 5 aromatic rings. The highest BCUT2D eigenvalue weighted by atomic mass is 79.9. The summed E-state index contributed by atoms with van der Waals surface area (Å²) in [7, 11) is 0. The first-order valence-corrected chi connectivity index (χ1v) is 16.6. The van der Waals surface area contributed by atoms with Gasteiger partial charge in [0.05, 0.1) is 30.5 Å². The number of aliphatic hydroxyl groups is 2. The van der Waals surface area contributed by atoms with E-state index >= 15 is 0 Å². The number of halogens is 1. The number of benzene rings is 4. The Morgan fingerprint density at radius 2 is 1.65 bits per heavy atom. The highest BCUT2D eigenvalue weighted by Crippen LogP contribution is 2.47. The third-order valence-corrected chi connectivity index (χ3v) is 9.33. The molecule has 4 aromatic carbocycles. The molecule has 1 aromatic heterocycles. The highest BCUT2D eigenvalue weighted by Gasteiger charge is 2.52. The van der Waals surface area contributed by atoms with Crippen molar-refractivity contribution >= 4 is 45.3 Å². The Labute approximate surface area is 287 Å². The third kappa shape index (κ3) is 6.60. The molecule has 1 unspecified atom stereocenters. The largest absolute Gasteiger partial charge is 0.395 e. The van der Waals surface area contributed by atoms with E-state index in [1.165, 1.54) is 0 Å². The Bertz CT molecular complexity index is 1900. The van der Waals surface area contributed by atoms with Crippen LogP contribution in [0.3, 0.4) is 0 Å². The lowest BCUT2D eigenvalue weighted by molar-refractivity contribution is -0.139. The van der Waals surface area contributed by atoms with E-state index < -0.39 is 17.4 Å². The normalized spacial score (nSPS) is 17.0. The second-order valence-electron chi connectivity index (χ2n) is 11.9. The van der Waals surface area contributed by atoms with Gasteiger partial charge in [-0.25, -0.2) is 0 Å². The Kier molecular flexibility index (Phi) is 9.95. The average molecular weight is 707 g/mol. The molecule has 2 amide bonds. The van der Waals surface area contributed by atoms with Crippen molar-refractivity contribution in [2.75, 3.05) is 16.4 Å². The van der Waals surface area contributed by atoms with Crippen molar-refractivity contribution in [1.82, 2.24) is 15.0 Å². The van der Waals surface area contributed by atoms with Crippen LogP contribution in [0.2, 0.25) is 0 Å². The molecule has 6 rings (SSSR count). The molecule has 0 radical (unpaired) electrons. The van der Waals surface area contributed by atoms with Crippen LogP contribution in [-0.4, -0.2) is 44.1 Å². The number of rotatable bonds is 13. The zero-order valence-corrected chi connectivity index (χ0v) is 28.0. The molecule has 0 spiro atoms. The van der Waals surface area contributed by atoms with Gasteiger partial charge in [0.1, 0.15) is 0 Å². The van der Waals surface area contributed by atoms with Crippen LogP contribution in [0.1, 0.15) is 41.6 Å². The van der Waals surface area contributed by atoms with Crippen molar-refractivity contribution in [3.8, 4) is 0 Å². The summed E-state index contributed by atoms with van der Waals surface area (Å²) in [5, 5.41) is 30.6. The van der Waals surface area contributed by atoms with Crippen LogP contribution in [0, 0.1) is 5.92 Å². The Morgan fingerprint density at radius 3 is 2.33 bits per heavy atom. The number of nitrogens with zero attached hydrogens (tertiary/aromatic N) is 5. The summed E-state index contributed by atoms with van der Waals surface area (Å²) in [5.74, 6) is -1.17. The molecule has 2 N–H and O–H groups in total. The molecule has 1 aliphatic rings. The van der Waals surface area contributed by atoms with E-state index in [1.54, 1.807) is 14.5 Å². The van der Waals surface area contributed by atoms with Crippen molar-refractivity contribution in [2.24, 2.45) is 5.92 Å². The Hall–Kier alpha value is -4.90. The van der Waals surface area contributed by atoms with E-state index in [9.17, 15) is 19.8 Å². The van der Waals surface area contributed by atoms with Gasteiger partial charge in [0, 0.05) is 40.1 Å². The van der Waals surface area contributed by atoms with Crippen molar-refractivity contribution in [1.29, 1.82) is 0 Å². The quantitative estimate of drug-likeness (QED) is 0.107. The van der Waals surface area contributed by atoms with Gasteiger partial charge in [-0.2, -0.15) is 0 Å². The van der Waals surface area contributed by atoms with Gasteiger partial charge in [-0.3, -0.25) is 19.2 Å². The van der Waals surface area contributed by atoms with Crippen molar-refractivity contribution in [3.63, 3.8) is 0 Å². The second-order valence-corrected chi connectivity index (χ2v) is 12.8. The molecule has 10 heteroatoms. The first kappa shape index (κ1) is 33.0. The van der Waals surface area contributed by atoms with Gasteiger partial charge >= 0.3 is 0 Å². The summed E-state index contributed by atoms with van der Waals surface area (Å²) in [5.41, 5.74) is 3.42. The zero-order chi connectivity index (χ0) is 33.7. The number of allylic oxidation sites excluding steroid dienone is 1. The van der Waals surface area contributed by atoms with E-state index in [4.69, 9.17) is 0 Å². The van der Waals surface area contributed by atoms with Gasteiger partial charge in [0.25, 0.3) is 5.91 Å². The minimum atomic E-state index is -1.76. The topological polar surface area (TPSA) is 112 Å². The smallest absolute Gasteiger partial charge is 0.264 e. The zero-order valence-electron chi connectivity index (χ0n) is 26.4. The molecular weight excluding hydrogens is 670 g/mol. The molecular formula is C38H36BrN5O4. The summed E-state index contributed by atoms with van der Waals surface area (Å²) < 4.78 is 2.50. The third-order valence-electron chi connectivity index (χ3n) is 8.83. The van der Waals surface area contributed by atoms with E-state index in [2.05, 4.69) is 26.2 Å². The lowest BCUT2D eigenvalue weighted by atomic mass is 9.83. The number of para-hydroxylation sites is 1. The van der Waals surface area contributed by atoms with Crippen LogP contribution in [0.15, 0.2) is 126 Å². The predicted octanol–water partition coefficient (Wildman–Crippen LogP) is 6.48. The molecule has 0 aliphatic carbocycles. The first-order valence-electron chi connectivity index (χ1n) is 15.8. The SMILES string of the molecule is C[C@H](/C=C/CCn1cc(C(CO)c2ccccc2)nn1)[C@@]1(O)C(=O)N(Cc2ccc(N(C=O)c3ccccc3)cc2)c2ccc(Br)cc21. The van der Waals surface area contributed by atoms with Gasteiger partial charge in [-0.15, -0.1) is 5.10 Å². The van der Waals surface area contributed by atoms with Crippen LogP contribution in [-0.2, 0) is 28.3 Å². The summed E-state index contributed by atoms with van der Waals surface area (Å²) >= 11 is 3.52. The van der Waals surface area contributed by atoms with E-state index in [0.717, 1.165) is 27.7 Å². The lowest BCUT2D eigenvalue weighted by Crippen LogP contribution is -2.44. The average Bonchev–Trinajstić information content (AvgIpc) is 3.66. The number of hydrogen-bond acceptors (Lipinski definition) is 6. The van der Waals surface area contributed by atoms with Crippen LogP contribution in [0.25, 0.3) is 0 Å². The maximum absolute atomic E-state index is 14.0. The number of amides is 2. The molecule has 244 valence electrons.